The number of allylic oxidation sites excluding steroid dienone is 1. The molecule has 0 saturated carbocycles. The first-order valence-electron chi connectivity index (χ1n) is 12.1. The summed E-state index contributed by atoms with van der Waals surface area (Å²) < 4.78 is 40.9. The number of anilines is 2. The number of fused-ring (bicyclic) bond motifs is 1. The predicted octanol–water partition coefficient (Wildman–Crippen LogP) is 4.05. The van der Waals surface area contributed by atoms with Crippen LogP contribution < -0.4 is 15.0 Å². The van der Waals surface area contributed by atoms with E-state index in [0.29, 0.717) is 42.6 Å². The number of nitrogens with zero attached hydrogens (tertiary/aromatic N) is 5. The molecule has 0 unspecified atom stereocenters. The van der Waals surface area contributed by atoms with E-state index < -0.39 is 11.6 Å². The van der Waals surface area contributed by atoms with E-state index >= 15 is 4.39 Å². The minimum Gasteiger partial charge on any atom is -0.421 e. The Labute approximate surface area is 209 Å². The highest BCUT2D eigenvalue weighted by molar-refractivity contribution is 6.05. The number of methoxy groups -OCH3 is 1. The summed E-state index contributed by atoms with van der Waals surface area (Å²) in [4.78, 5) is 17.9. The summed E-state index contributed by atoms with van der Waals surface area (Å²) in [7, 11) is 1.70. The molecule has 0 atom stereocenters. The molecule has 190 valence electrons. The van der Waals surface area contributed by atoms with Crippen molar-refractivity contribution in [2.45, 2.75) is 20.3 Å². The summed E-state index contributed by atoms with van der Waals surface area (Å²) in [6.07, 6.45) is 3.99. The minimum atomic E-state index is -0.614. The van der Waals surface area contributed by atoms with Crippen LogP contribution in [0.4, 0.5) is 20.4 Å². The van der Waals surface area contributed by atoms with Crippen LogP contribution in [0.15, 0.2) is 34.3 Å². The molecule has 0 amide bonds. The molecule has 1 aliphatic carbocycles. The minimum absolute atomic E-state index is 0.0620. The van der Waals surface area contributed by atoms with Crippen LogP contribution in [-0.4, -0.2) is 73.7 Å². The molecule has 0 bridgehead atoms. The second-order valence-electron chi connectivity index (χ2n) is 9.36. The lowest BCUT2D eigenvalue weighted by molar-refractivity contribution is 0.144. The third-order valence-electron chi connectivity index (χ3n) is 6.51. The average molecular weight is 497 g/mol. The van der Waals surface area contributed by atoms with Crippen LogP contribution in [0.2, 0.25) is 0 Å². The monoisotopic (exact) mass is 496 g/mol. The van der Waals surface area contributed by atoms with Gasteiger partial charge in [0.2, 0.25) is 0 Å². The van der Waals surface area contributed by atoms with E-state index in [4.69, 9.17) is 9.47 Å². The predicted molar refractivity (Wildman–Crippen MR) is 136 cm³/mol. The van der Waals surface area contributed by atoms with Crippen molar-refractivity contribution in [2.75, 3.05) is 63.2 Å². The number of amidine groups is 1. The van der Waals surface area contributed by atoms with Gasteiger partial charge in [-0.15, -0.1) is 0 Å². The van der Waals surface area contributed by atoms with Crippen molar-refractivity contribution in [1.82, 2.24) is 14.9 Å². The van der Waals surface area contributed by atoms with Crippen molar-refractivity contribution in [3.63, 3.8) is 0 Å². The van der Waals surface area contributed by atoms with E-state index in [9.17, 15) is 4.39 Å². The van der Waals surface area contributed by atoms with Crippen molar-refractivity contribution in [2.24, 2.45) is 4.99 Å². The fourth-order valence-electron chi connectivity index (χ4n) is 4.59. The molecule has 2 aliphatic heterocycles. The van der Waals surface area contributed by atoms with Crippen molar-refractivity contribution in [3.8, 4) is 11.8 Å². The largest absolute Gasteiger partial charge is 0.421 e. The molecular formula is C26H30F2N6O2. The van der Waals surface area contributed by atoms with Crippen molar-refractivity contribution in [1.29, 1.82) is 0 Å². The Morgan fingerprint density at radius 2 is 1.83 bits per heavy atom. The molecule has 10 heteroatoms. The highest BCUT2D eigenvalue weighted by Gasteiger charge is 2.25. The molecule has 1 N–H and O–H groups in total. The molecule has 5 rings (SSSR count). The first kappa shape index (κ1) is 24.3. The number of piperazine rings is 1. The molecule has 1 aromatic heterocycles. The third-order valence-corrected chi connectivity index (χ3v) is 6.51. The summed E-state index contributed by atoms with van der Waals surface area (Å²) >= 11 is 0. The fourth-order valence-corrected chi connectivity index (χ4v) is 4.59. The van der Waals surface area contributed by atoms with E-state index in [0.717, 1.165) is 49.9 Å². The van der Waals surface area contributed by atoms with Crippen LogP contribution in [0.1, 0.15) is 25.0 Å². The zero-order valence-electron chi connectivity index (χ0n) is 20.8. The van der Waals surface area contributed by atoms with Gasteiger partial charge in [0.05, 0.1) is 13.2 Å². The van der Waals surface area contributed by atoms with Crippen LogP contribution in [0.3, 0.4) is 0 Å². The molecule has 2 aromatic rings. The number of ether oxygens (including phenoxy) is 2. The second-order valence-corrected chi connectivity index (χ2v) is 9.36. The van der Waals surface area contributed by atoms with Crippen LogP contribution >= 0.6 is 0 Å². The molecule has 0 spiro atoms. The van der Waals surface area contributed by atoms with Crippen molar-refractivity contribution in [3.05, 3.63) is 52.1 Å². The van der Waals surface area contributed by atoms with Gasteiger partial charge in [0.15, 0.2) is 11.6 Å². The third kappa shape index (κ3) is 5.24. The van der Waals surface area contributed by atoms with E-state index in [1.54, 1.807) is 13.2 Å². The van der Waals surface area contributed by atoms with Crippen LogP contribution in [0.5, 0.6) is 11.8 Å². The molecule has 1 fully saturated rings. The first-order chi connectivity index (χ1) is 17.4. The SMILES string of the molecule is COCCN1CCN(c2cc(NC3=NCC(C)=C3)nc(Oc3cc(F)c4c(c3F)C=C(C)C4)n2)CC1. The Bertz CT molecular complexity index is 1250. The Morgan fingerprint density at radius 3 is 2.56 bits per heavy atom. The van der Waals surface area contributed by atoms with Gasteiger partial charge >= 0.3 is 6.01 Å². The van der Waals surface area contributed by atoms with Crippen molar-refractivity contribution < 1.29 is 18.3 Å². The first-order valence-corrected chi connectivity index (χ1v) is 12.1. The fraction of sp³-hybridized carbons (Fsp3) is 0.423. The topological polar surface area (TPSA) is 75.1 Å². The average Bonchev–Trinajstić information content (AvgIpc) is 3.46. The highest BCUT2D eigenvalue weighted by Crippen LogP contribution is 2.36. The molecule has 0 radical (unpaired) electrons. The number of aromatic nitrogens is 2. The Morgan fingerprint density at radius 1 is 1.03 bits per heavy atom. The van der Waals surface area contributed by atoms with Crippen LogP contribution in [0.25, 0.3) is 6.08 Å². The Kier molecular flexibility index (Phi) is 6.97. The van der Waals surface area contributed by atoms with Gasteiger partial charge in [-0.2, -0.15) is 9.97 Å². The normalized spacial score (nSPS) is 17.6. The molecule has 3 heterocycles. The smallest absolute Gasteiger partial charge is 0.326 e. The number of nitrogens with one attached hydrogen (secondary N) is 1. The lowest BCUT2D eigenvalue weighted by Crippen LogP contribution is -2.47. The number of hydrogen-bond donors (Lipinski definition) is 1. The van der Waals surface area contributed by atoms with Gasteiger partial charge in [-0.05, 0) is 31.9 Å². The van der Waals surface area contributed by atoms with E-state index in [1.807, 2.05) is 26.0 Å². The van der Waals surface area contributed by atoms with Gasteiger partial charge in [0, 0.05) is 63.1 Å². The molecular weight excluding hydrogens is 466 g/mol. The van der Waals surface area contributed by atoms with Gasteiger partial charge in [0.1, 0.15) is 23.3 Å². The maximum atomic E-state index is 15.2. The maximum Gasteiger partial charge on any atom is 0.326 e. The second kappa shape index (κ2) is 10.3. The van der Waals surface area contributed by atoms with Crippen molar-refractivity contribution >= 4 is 23.5 Å². The lowest BCUT2D eigenvalue weighted by Gasteiger charge is -2.35. The highest BCUT2D eigenvalue weighted by atomic mass is 19.1. The number of halogens is 2. The lowest BCUT2D eigenvalue weighted by atomic mass is 10.1. The number of hydrogen-bond acceptors (Lipinski definition) is 8. The quantitative estimate of drug-likeness (QED) is 0.620. The van der Waals surface area contributed by atoms with E-state index in [-0.39, 0.29) is 17.3 Å². The summed E-state index contributed by atoms with van der Waals surface area (Å²) in [5, 5.41) is 3.20. The standard InChI is InChI=1S/C26H30F2N6O2/c1-16-10-18-19(11-16)25(28)21(13-20(18)27)36-26-31-23(30-22-12-17(2)15-29-22)14-24(32-26)34-6-4-33(5-7-34)8-9-35-3/h11-14H,4-10,15H2,1-3H3,(H,29,30,31,32). The van der Waals surface area contributed by atoms with Crippen LogP contribution in [-0.2, 0) is 11.2 Å². The summed E-state index contributed by atoms with van der Waals surface area (Å²) in [5.41, 5.74) is 2.61. The molecule has 8 nitrogen and oxygen atoms in total. The summed E-state index contributed by atoms with van der Waals surface area (Å²) in [6, 6.07) is 2.84. The number of benzene rings is 1. The molecule has 36 heavy (non-hydrogen) atoms. The zero-order valence-corrected chi connectivity index (χ0v) is 20.8. The van der Waals surface area contributed by atoms with E-state index in [2.05, 4.69) is 30.1 Å². The molecule has 1 saturated heterocycles. The number of aliphatic imine (C=N–C) groups is 1. The Hall–Kier alpha value is -3.37. The zero-order chi connectivity index (χ0) is 25.2. The van der Waals surface area contributed by atoms with Gasteiger partial charge in [-0.3, -0.25) is 9.89 Å². The van der Waals surface area contributed by atoms with Gasteiger partial charge < -0.3 is 19.7 Å². The van der Waals surface area contributed by atoms with Gasteiger partial charge in [0.25, 0.3) is 0 Å². The molecule has 3 aliphatic rings. The molecule has 1 aromatic carbocycles. The van der Waals surface area contributed by atoms with E-state index in [1.165, 1.54) is 0 Å². The van der Waals surface area contributed by atoms with Crippen LogP contribution in [0, 0.1) is 11.6 Å². The van der Waals surface area contributed by atoms with Gasteiger partial charge in [-0.1, -0.05) is 11.6 Å². The summed E-state index contributed by atoms with van der Waals surface area (Å²) in [5.74, 6) is 0.445. The Balaban J connectivity index is 1.43. The maximum absolute atomic E-state index is 15.2. The van der Waals surface area contributed by atoms with Gasteiger partial charge in [-0.25, -0.2) is 8.78 Å². The number of rotatable bonds is 7. The summed E-state index contributed by atoms with van der Waals surface area (Å²) in [6.45, 7) is 9.26.